The Morgan fingerprint density at radius 3 is 2.65 bits per heavy atom. The maximum Gasteiger partial charge on any atom is 0.242 e. The van der Waals surface area contributed by atoms with Crippen LogP contribution in [0.15, 0.2) is 54.9 Å². The molecule has 0 aliphatic carbocycles. The van der Waals surface area contributed by atoms with Gasteiger partial charge in [-0.1, -0.05) is 24.3 Å². The van der Waals surface area contributed by atoms with Gasteiger partial charge in [0.25, 0.3) is 0 Å². The summed E-state index contributed by atoms with van der Waals surface area (Å²) in [6, 6.07) is 14.3. The normalized spacial score (nSPS) is 16.2. The number of nitrogens with one attached hydrogen (secondary N) is 1. The summed E-state index contributed by atoms with van der Waals surface area (Å²) < 4.78 is 0. The summed E-state index contributed by atoms with van der Waals surface area (Å²) in [7, 11) is 0. The predicted octanol–water partition coefficient (Wildman–Crippen LogP) is 2.75. The Kier molecular flexibility index (Phi) is 9.41. The van der Waals surface area contributed by atoms with E-state index in [1.807, 2.05) is 53.6 Å². The van der Waals surface area contributed by atoms with Gasteiger partial charge in [0, 0.05) is 50.3 Å². The topological polar surface area (TPSA) is 48.5 Å². The number of anilines is 1. The van der Waals surface area contributed by atoms with Crippen molar-refractivity contribution in [2.45, 2.75) is 19.5 Å². The van der Waals surface area contributed by atoms with Crippen LogP contribution in [0.25, 0.3) is 0 Å². The molecule has 2 heterocycles. The van der Waals surface area contributed by atoms with Gasteiger partial charge in [0.05, 0.1) is 6.54 Å². The quantitative estimate of drug-likeness (QED) is 0.843. The van der Waals surface area contributed by atoms with Crippen LogP contribution >= 0.6 is 24.8 Å². The zero-order valence-corrected chi connectivity index (χ0v) is 16.5. The number of pyridine rings is 1. The van der Waals surface area contributed by atoms with Crippen molar-refractivity contribution in [3.05, 3.63) is 60.4 Å². The van der Waals surface area contributed by atoms with E-state index in [9.17, 15) is 4.79 Å². The molecule has 1 amide bonds. The molecule has 1 atom stereocenters. The number of carbonyl (C=O) groups is 1. The Morgan fingerprint density at radius 1 is 1.23 bits per heavy atom. The second kappa shape index (κ2) is 11.0. The van der Waals surface area contributed by atoms with Crippen LogP contribution in [-0.4, -0.2) is 48.0 Å². The van der Waals surface area contributed by atoms with Crippen molar-refractivity contribution in [2.24, 2.45) is 0 Å². The minimum atomic E-state index is 0. The van der Waals surface area contributed by atoms with Gasteiger partial charge in [-0.25, -0.2) is 0 Å². The molecule has 1 saturated heterocycles. The van der Waals surface area contributed by atoms with E-state index < -0.39 is 0 Å². The van der Waals surface area contributed by atoms with E-state index in [4.69, 9.17) is 0 Å². The molecule has 1 unspecified atom stereocenters. The lowest BCUT2D eigenvalue weighted by Crippen LogP contribution is -2.54. The molecular formula is C19H26Cl2N4O. The smallest absolute Gasteiger partial charge is 0.242 e. The summed E-state index contributed by atoms with van der Waals surface area (Å²) >= 11 is 0. The Labute approximate surface area is 167 Å². The predicted molar refractivity (Wildman–Crippen MR) is 110 cm³/mol. The van der Waals surface area contributed by atoms with Crippen molar-refractivity contribution in [1.82, 2.24) is 15.2 Å². The van der Waals surface area contributed by atoms with Gasteiger partial charge in [-0.15, -0.1) is 24.8 Å². The number of hydrogen-bond donors (Lipinski definition) is 1. The molecular weight excluding hydrogens is 371 g/mol. The highest BCUT2D eigenvalue weighted by Crippen LogP contribution is 2.17. The summed E-state index contributed by atoms with van der Waals surface area (Å²) in [5.41, 5.74) is 2.15. The Hall–Kier alpha value is -1.82. The van der Waals surface area contributed by atoms with Crippen molar-refractivity contribution in [3.8, 4) is 0 Å². The van der Waals surface area contributed by atoms with Crippen molar-refractivity contribution >= 4 is 36.4 Å². The van der Waals surface area contributed by atoms with E-state index in [0.29, 0.717) is 13.1 Å². The summed E-state index contributed by atoms with van der Waals surface area (Å²) in [6.45, 7) is 5.64. The first-order valence-corrected chi connectivity index (χ1v) is 8.43. The van der Waals surface area contributed by atoms with Crippen LogP contribution in [0.2, 0.25) is 0 Å². The fourth-order valence-corrected chi connectivity index (χ4v) is 3.05. The number of carbonyl (C=O) groups excluding carboxylic acids is 1. The van der Waals surface area contributed by atoms with Gasteiger partial charge in [-0.2, -0.15) is 0 Å². The minimum Gasteiger partial charge on any atom is -0.358 e. The Morgan fingerprint density at radius 2 is 2.00 bits per heavy atom. The Balaban J connectivity index is 0.00000169. The highest BCUT2D eigenvalue weighted by molar-refractivity contribution is 5.85. The average Bonchev–Trinajstić information content (AvgIpc) is 2.63. The molecule has 0 saturated carbocycles. The summed E-state index contributed by atoms with van der Waals surface area (Å²) in [6.07, 6.45) is 3.62. The zero-order chi connectivity index (χ0) is 16.8. The van der Waals surface area contributed by atoms with E-state index in [-0.39, 0.29) is 36.8 Å². The maximum absolute atomic E-state index is 12.8. The van der Waals surface area contributed by atoms with Gasteiger partial charge >= 0.3 is 0 Å². The molecule has 1 aliphatic rings. The first-order valence-electron chi connectivity index (χ1n) is 8.43. The number of halogens is 2. The number of hydrogen-bond acceptors (Lipinski definition) is 4. The molecule has 1 aromatic carbocycles. The highest BCUT2D eigenvalue weighted by atomic mass is 35.5. The van der Waals surface area contributed by atoms with Gasteiger partial charge in [-0.3, -0.25) is 9.78 Å². The molecule has 1 aromatic heterocycles. The summed E-state index contributed by atoms with van der Waals surface area (Å²) in [5.74, 6) is 0.178. The molecule has 142 valence electrons. The SMILES string of the molecule is CC1CNCCN1C(=O)CN(Cc1cccnc1)c1ccccc1.Cl.Cl. The minimum absolute atomic E-state index is 0. The number of piperazine rings is 1. The van der Waals surface area contributed by atoms with Crippen molar-refractivity contribution in [1.29, 1.82) is 0 Å². The average molecular weight is 397 g/mol. The number of nitrogens with zero attached hydrogens (tertiary/aromatic N) is 3. The van der Waals surface area contributed by atoms with Crippen LogP contribution in [0, 0.1) is 0 Å². The lowest BCUT2D eigenvalue weighted by atomic mass is 10.2. The van der Waals surface area contributed by atoms with Crippen LogP contribution in [0.3, 0.4) is 0 Å². The number of benzene rings is 1. The third-order valence-corrected chi connectivity index (χ3v) is 4.37. The van der Waals surface area contributed by atoms with E-state index in [1.54, 1.807) is 6.20 Å². The van der Waals surface area contributed by atoms with Crippen molar-refractivity contribution in [3.63, 3.8) is 0 Å². The fourth-order valence-electron chi connectivity index (χ4n) is 3.05. The summed E-state index contributed by atoms with van der Waals surface area (Å²) in [5, 5.41) is 3.33. The van der Waals surface area contributed by atoms with Crippen molar-refractivity contribution in [2.75, 3.05) is 31.1 Å². The summed E-state index contributed by atoms with van der Waals surface area (Å²) in [4.78, 5) is 21.1. The first-order chi connectivity index (χ1) is 11.7. The highest BCUT2D eigenvalue weighted by Gasteiger charge is 2.24. The third kappa shape index (κ3) is 5.87. The van der Waals surface area contributed by atoms with Crippen LogP contribution in [-0.2, 0) is 11.3 Å². The van der Waals surface area contributed by atoms with Crippen LogP contribution in [0.1, 0.15) is 12.5 Å². The molecule has 1 aliphatic heterocycles. The second-order valence-electron chi connectivity index (χ2n) is 6.19. The Bertz CT molecular complexity index is 657. The lowest BCUT2D eigenvalue weighted by Gasteiger charge is -2.36. The number of rotatable bonds is 5. The van der Waals surface area contributed by atoms with E-state index >= 15 is 0 Å². The van der Waals surface area contributed by atoms with Gasteiger partial charge < -0.3 is 15.1 Å². The molecule has 0 radical (unpaired) electrons. The standard InChI is InChI=1S/C19H24N4O.2ClH/c1-16-12-21-10-11-23(16)19(24)15-22(18-7-3-2-4-8-18)14-17-6-5-9-20-13-17;;/h2-9,13,16,21H,10-12,14-15H2,1H3;2*1H. The van der Waals surface area contributed by atoms with Crippen LogP contribution in [0.5, 0.6) is 0 Å². The molecule has 7 heteroatoms. The van der Waals surface area contributed by atoms with Gasteiger partial charge in [0.15, 0.2) is 0 Å². The maximum atomic E-state index is 12.8. The molecule has 26 heavy (non-hydrogen) atoms. The monoisotopic (exact) mass is 396 g/mol. The number of aromatic nitrogens is 1. The molecule has 1 fully saturated rings. The number of amides is 1. The first kappa shape index (κ1) is 22.2. The van der Waals surface area contributed by atoms with E-state index in [2.05, 4.69) is 22.1 Å². The van der Waals surface area contributed by atoms with Gasteiger partial charge in [0.1, 0.15) is 0 Å². The van der Waals surface area contributed by atoms with Crippen LogP contribution < -0.4 is 10.2 Å². The molecule has 0 bridgehead atoms. The molecule has 5 nitrogen and oxygen atoms in total. The molecule has 2 aromatic rings. The second-order valence-corrected chi connectivity index (χ2v) is 6.19. The zero-order valence-electron chi connectivity index (χ0n) is 14.9. The number of para-hydroxylation sites is 1. The van der Waals surface area contributed by atoms with E-state index in [1.165, 1.54) is 0 Å². The third-order valence-electron chi connectivity index (χ3n) is 4.37. The molecule has 1 N–H and O–H groups in total. The largest absolute Gasteiger partial charge is 0.358 e. The molecule has 0 spiro atoms. The van der Waals surface area contributed by atoms with Crippen LogP contribution in [0.4, 0.5) is 5.69 Å². The van der Waals surface area contributed by atoms with Crippen molar-refractivity contribution < 1.29 is 4.79 Å². The van der Waals surface area contributed by atoms with Gasteiger partial charge in [0.2, 0.25) is 5.91 Å². The molecule has 3 rings (SSSR count). The van der Waals surface area contributed by atoms with E-state index in [0.717, 1.165) is 30.9 Å². The lowest BCUT2D eigenvalue weighted by molar-refractivity contribution is -0.132. The fraction of sp³-hybridized carbons (Fsp3) is 0.368. The van der Waals surface area contributed by atoms with Gasteiger partial charge in [-0.05, 0) is 30.7 Å².